The van der Waals surface area contributed by atoms with Crippen molar-refractivity contribution >= 4 is 5.91 Å². The van der Waals surface area contributed by atoms with Crippen LogP contribution in [0.4, 0.5) is 0 Å². The van der Waals surface area contributed by atoms with Crippen molar-refractivity contribution in [3.63, 3.8) is 0 Å². The lowest BCUT2D eigenvalue weighted by Gasteiger charge is -2.33. The Morgan fingerprint density at radius 3 is 2.59 bits per heavy atom. The van der Waals surface area contributed by atoms with E-state index >= 15 is 0 Å². The van der Waals surface area contributed by atoms with Crippen LogP contribution in [0.25, 0.3) is 0 Å². The number of hydrogen-bond acceptors (Lipinski definition) is 3. The van der Waals surface area contributed by atoms with E-state index in [1.165, 1.54) is 0 Å². The second-order valence-electron chi connectivity index (χ2n) is 5.73. The summed E-state index contributed by atoms with van der Waals surface area (Å²) >= 11 is 0. The Balaban J connectivity index is 2.24. The standard InChI is InChI=1S/C13H22N2O2/c1-12(2,10-16)5-4-8-15-11(17)13(9-14)6-3-7-13/h16H,3-8,10H2,1-2H3,(H,15,17). The monoisotopic (exact) mass is 238 g/mol. The maximum atomic E-state index is 11.8. The average molecular weight is 238 g/mol. The zero-order valence-corrected chi connectivity index (χ0v) is 10.8. The third kappa shape index (κ3) is 3.44. The Kier molecular flexibility index (Phi) is 4.53. The first-order chi connectivity index (χ1) is 7.96. The first-order valence-electron chi connectivity index (χ1n) is 6.26. The lowest BCUT2D eigenvalue weighted by Crippen LogP contribution is -2.45. The molecule has 2 N–H and O–H groups in total. The molecule has 0 heterocycles. The fourth-order valence-corrected chi connectivity index (χ4v) is 1.94. The van der Waals surface area contributed by atoms with Gasteiger partial charge in [-0.05, 0) is 37.5 Å². The fourth-order valence-electron chi connectivity index (χ4n) is 1.94. The van der Waals surface area contributed by atoms with Crippen LogP contribution in [-0.2, 0) is 4.79 Å². The molecule has 0 aliphatic heterocycles. The van der Waals surface area contributed by atoms with E-state index in [0.717, 1.165) is 19.3 Å². The summed E-state index contributed by atoms with van der Waals surface area (Å²) in [5.41, 5.74) is -0.833. The van der Waals surface area contributed by atoms with Crippen molar-refractivity contribution in [1.29, 1.82) is 5.26 Å². The highest BCUT2D eigenvalue weighted by atomic mass is 16.3. The Bertz CT molecular complexity index is 314. The van der Waals surface area contributed by atoms with Crippen molar-refractivity contribution in [1.82, 2.24) is 5.32 Å². The summed E-state index contributed by atoms with van der Waals surface area (Å²) in [4.78, 5) is 11.8. The zero-order chi connectivity index (χ0) is 12.9. The van der Waals surface area contributed by atoms with Crippen LogP contribution in [0.15, 0.2) is 0 Å². The van der Waals surface area contributed by atoms with Crippen LogP contribution >= 0.6 is 0 Å². The van der Waals surface area contributed by atoms with Gasteiger partial charge in [-0.25, -0.2) is 0 Å². The number of aliphatic hydroxyl groups excluding tert-OH is 1. The van der Waals surface area contributed by atoms with Crippen molar-refractivity contribution in [3.05, 3.63) is 0 Å². The summed E-state index contributed by atoms with van der Waals surface area (Å²) in [6, 6.07) is 2.13. The lowest BCUT2D eigenvalue weighted by molar-refractivity contribution is -0.131. The first-order valence-corrected chi connectivity index (χ1v) is 6.26. The molecule has 0 aromatic carbocycles. The average Bonchev–Trinajstić information content (AvgIpc) is 2.24. The third-order valence-corrected chi connectivity index (χ3v) is 3.60. The van der Waals surface area contributed by atoms with Crippen molar-refractivity contribution in [2.75, 3.05) is 13.2 Å². The smallest absolute Gasteiger partial charge is 0.240 e. The molecule has 1 saturated carbocycles. The number of carbonyl (C=O) groups excluding carboxylic acids is 1. The Morgan fingerprint density at radius 1 is 1.53 bits per heavy atom. The minimum Gasteiger partial charge on any atom is -0.396 e. The molecule has 1 rings (SSSR count). The van der Waals surface area contributed by atoms with Crippen LogP contribution in [0.3, 0.4) is 0 Å². The normalized spacial score (nSPS) is 18.0. The fraction of sp³-hybridized carbons (Fsp3) is 0.846. The molecule has 17 heavy (non-hydrogen) atoms. The summed E-state index contributed by atoms with van der Waals surface area (Å²) in [6.07, 6.45) is 4.05. The minimum atomic E-state index is -0.744. The number of nitrogens with zero attached hydrogens (tertiary/aromatic N) is 1. The van der Waals surface area contributed by atoms with Crippen LogP contribution in [0.1, 0.15) is 46.0 Å². The van der Waals surface area contributed by atoms with Gasteiger partial charge in [0.25, 0.3) is 0 Å². The van der Waals surface area contributed by atoms with Gasteiger partial charge in [-0.1, -0.05) is 13.8 Å². The van der Waals surface area contributed by atoms with E-state index in [0.29, 0.717) is 19.4 Å². The van der Waals surface area contributed by atoms with Crippen molar-refractivity contribution in [3.8, 4) is 6.07 Å². The molecule has 0 unspecified atom stereocenters. The van der Waals surface area contributed by atoms with E-state index < -0.39 is 5.41 Å². The van der Waals surface area contributed by atoms with E-state index in [-0.39, 0.29) is 17.9 Å². The molecule has 0 radical (unpaired) electrons. The Hall–Kier alpha value is -1.08. The van der Waals surface area contributed by atoms with Crippen LogP contribution in [-0.4, -0.2) is 24.2 Å². The first kappa shape index (κ1) is 14.0. The third-order valence-electron chi connectivity index (χ3n) is 3.60. The van der Waals surface area contributed by atoms with E-state index in [1.54, 1.807) is 0 Å². The van der Waals surface area contributed by atoms with Crippen molar-refractivity contribution < 1.29 is 9.90 Å². The van der Waals surface area contributed by atoms with Crippen molar-refractivity contribution in [2.24, 2.45) is 10.8 Å². The van der Waals surface area contributed by atoms with Crippen molar-refractivity contribution in [2.45, 2.75) is 46.0 Å². The van der Waals surface area contributed by atoms with E-state index in [9.17, 15) is 4.79 Å². The summed E-state index contributed by atoms with van der Waals surface area (Å²) < 4.78 is 0. The van der Waals surface area contributed by atoms with Gasteiger partial charge in [-0.2, -0.15) is 5.26 Å². The van der Waals surface area contributed by atoms with Gasteiger partial charge in [0, 0.05) is 13.2 Å². The van der Waals surface area contributed by atoms with Crippen LogP contribution in [0.5, 0.6) is 0 Å². The van der Waals surface area contributed by atoms with Gasteiger partial charge in [-0.15, -0.1) is 0 Å². The van der Waals surface area contributed by atoms with E-state index in [2.05, 4.69) is 11.4 Å². The topological polar surface area (TPSA) is 73.1 Å². The SMILES string of the molecule is CC(C)(CO)CCCNC(=O)C1(C#N)CCC1. The van der Waals surface area contributed by atoms with E-state index in [1.807, 2.05) is 13.8 Å². The minimum absolute atomic E-state index is 0.0892. The Morgan fingerprint density at radius 2 is 2.18 bits per heavy atom. The zero-order valence-electron chi connectivity index (χ0n) is 10.8. The number of aliphatic hydroxyl groups is 1. The maximum absolute atomic E-state index is 11.8. The summed E-state index contributed by atoms with van der Waals surface area (Å²) in [6.45, 7) is 4.74. The summed E-state index contributed by atoms with van der Waals surface area (Å²) in [5.74, 6) is -0.118. The number of nitrogens with one attached hydrogen (secondary N) is 1. The quantitative estimate of drug-likeness (QED) is 0.690. The highest BCUT2D eigenvalue weighted by Gasteiger charge is 2.44. The van der Waals surface area contributed by atoms with Crippen LogP contribution in [0, 0.1) is 22.2 Å². The number of nitriles is 1. The second kappa shape index (κ2) is 5.50. The lowest BCUT2D eigenvalue weighted by atomic mass is 9.69. The molecule has 1 aliphatic carbocycles. The molecule has 0 spiro atoms. The summed E-state index contributed by atoms with van der Waals surface area (Å²) in [7, 11) is 0. The number of carbonyl (C=O) groups is 1. The molecule has 0 saturated heterocycles. The molecule has 0 aromatic heterocycles. The highest BCUT2D eigenvalue weighted by molar-refractivity contribution is 5.86. The highest BCUT2D eigenvalue weighted by Crippen LogP contribution is 2.40. The predicted molar refractivity (Wildman–Crippen MR) is 65.0 cm³/mol. The summed E-state index contributed by atoms with van der Waals surface area (Å²) in [5, 5.41) is 20.9. The molecule has 1 aliphatic rings. The molecule has 0 bridgehead atoms. The molecular formula is C13H22N2O2. The second-order valence-corrected chi connectivity index (χ2v) is 5.73. The Labute approximate surface area is 103 Å². The number of rotatable bonds is 6. The van der Waals surface area contributed by atoms with Gasteiger partial charge in [0.05, 0.1) is 6.07 Å². The number of hydrogen-bond donors (Lipinski definition) is 2. The molecule has 0 atom stereocenters. The largest absolute Gasteiger partial charge is 0.396 e. The maximum Gasteiger partial charge on any atom is 0.240 e. The predicted octanol–water partition coefficient (Wildman–Crippen LogP) is 1.60. The van der Waals surface area contributed by atoms with Gasteiger partial charge in [0.1, 0.15) is 5.41 Å². The van der Waals surface area contributed by atoms with Gasteiger partial charge >= 0.3 is 0 Å². The van der Waals surface area contributed by atoms with E-state index in [4.69, 9.17) is 10.4 Å². The molecule has 1 amide bonds. The van der Waals surface area contributed by atoms with Crippen LogP contribution < -0.4 is 5.32 Å². The van der Waals surface area contributed by atoms with Gasteiger partial charge in [-0.3, -0.25) is 4.79 Å². The van der Waals surface area contributed by atoms with Gasteiger partial charge < -0.3 is 10.4 Å². The molecule has 0 aromatic rings. The molecule has 1 fully saturated rings. The van der Waals surface area contributed by atoms with Gasteiger partial charge in [0.15, 0.2) is 0 Å². The molecule has 4 nitrogen and oxygen atoms in total. The van der Waals surface area contributed by atoms with Gasteiger partial charge in [0.2, 0.25) is 5.91 Å². The molecule has 96 valence electrons. The van der Waals surface area contributed by atoms with Crippen LogP contribution in [0.2, 0.25) is 0 Å². The molecule has 4 heteroatoms. The number of amides is 1. The molecular weight excluding hydrogens is 216 g/mol.